The van der Waals surface area contributed by atoms with Crippen molar-refractivity contribution >= 4 is 11.9 Å². The summed E-state index contributed by atoms with van der Waals surface area (Å²) in [7, 11) is 0. The van der Waals surface area contributed by atoms with Gasteiger partial charge in [-0.15, -0.1) is 0 Å². The molecule has 2 fully saturated rings. The van der Waals surface area contributed by atoms with Crippen molar-refractivity contribution in [2.45, 2.75) is 57.1 Å². The molecule has 5 nitrogen and oxygen atoms in total. The predicted molar refractivity (Wildman–Crippen MR) is 94.3 cm³/mol. The van der Waals surface area contributed by atoms with Crippen LogP contribution in [0.2, 0.25) is 0 Å². The van der Waals surface area contributed by atoms with Crippen LogP contribution in [0.4, 0.5) is 0 Å². The van der Waals surface area contributed by atoms with Gasteiger partial charge in [0.15, 0.2) is 0 Å². The highest BCUT2D eigenvalue weighted by atomic mass is 16.5. The monoisotopic (exact) mass is 345 g/mol. The standard InChI is InChI=1S/C20H27NO4/c1-2-16(14-7-4-3-5-8-14)19(22)21-11-10-15(20(23)24)13-17(21)18-9-6-12-25-18/h3-5,7-8,15-18H,2,6,9-13H2,1H3,(H,23,24). The van der Waals surface area contributed by atoms with Gasteiger partial charge in [0.2, 0.25) is 5.91 Å². The molecule has 0 radical (unpaired) electrons. The minimum absolute atomic E-state index is 0.0284. The van der Waals surface area contributed by atoms with Crippen LogP contribution in [0.1, 0.15) is 50.5 Å². The van der Waals surface area contributed by atoms with E-state index in [0.29, 0.717) is 26.0 Å². The van der Waals surface area contributed by atoms with Crippen molar-refractivity contribution in [1.82, 2.24) is 4.90 Å². The van der Waals surface area contributed by atoms with E-state index in [1.54, 1.807) is 0 Å². The predicted octanol–water partition coefficient (Wildman–Crippen LogP) is 3.05. The number of amides is 1. The molecular formula is C20H27NO4. The summed E-state index contributed by atoms with van der Waals surface area (Å²) in [4.78, 5) is 26.7. The lowest BCUT2D eigenvalue weighted by atomic mass is 9.85. The van der Waals surface area contributed by atoms with Gasteiger partial charge in [-0.3, -0.25) is 9.59 Å². The number of carboxylic acids is 1. The molecule has 1 aromatic carbocycles. The molecule has 2 heterocycles. The molecule has 1 aromatic rings. The second-order valence-electron chi connectivity index (χ2n) is 7.08. The Bertz CT molecular complexity index is 597. The molecule has 2 aliphatic heterocycles. The number of carbonyl (C=O) groups excluding carboxylic acids is 1. The average Bonchev–Trinajstić information content (AvgIpc) is 3.17. The number of piperidine rings is 1. The van der Waals surface area contributed by atoms with Gasteiger partial charge in [0.05, 0.1) is 24.0 Å². The zero-order valence-corrected chi connectivity index (χ0v) is 14.8. The summed E-state index contributed by atoms with van der Waals surface area (Å²) in [5.74, 6) is -1.20. The zero-order valence-electron chi connectivity index (χ0n) is 14.8. The smallest absolute Gasteiger partial charge is 0.306 e. The molecular weight excluding hydrogens is 318 g/mol. The lowest BCUT2D eigenvalue weighted by Gasteiger charge is -2.42. The maximum Gasteiger partial charge on any atom is 0.306 e. The van der Waals surface area contributed by atoms with E-state index in [4.69, 9.17) is 4.74 Å². The van der Waals surface area contributed by atoms with Crippen molar-refractivity contribution in [3.8, 4) is 0 Å². The molecule has 5 heteroatoms. The van der Waals surface area contributed by atoms with Crippen molar-refractivity contribution < 1.29 is 19.4 Å². The Morgan fingerprint density at radius 2 is 2.04 bits per heavy atom. The number of carboxylic acid groups (broad SMARTS) is 1. The van der Waals surface area contributed by atoms with Gasteiger partial charge in [-0.05, 0) is 37.7 Å². The Balaban J connectivity index is 1.82. The third-order valence-corrected chi connectivity index (χ3v) is 5.58. The van der Waals surface area contributed by atoms with Crippen LogP contribution in [0.15, 0.2) is 30.3 Å². The van der Waals surface area contributed by atoms with Gasteiger partial charge in [0.1, 0.15) is 0 Å². The van der Waals surface area contributed by atoms with Gasteiger partial charge in [0, 0.05) is 13.2 Å². The lowest BCUT2D eigenvalue weighted by Crippen LogP contribution is -2.53. The van der Waals surface area contributed by atoms with Crippen LogP contribution in [0.5, 0.6) is 0 Å². The molecule has 0 saturated carbocycles. The van der Waals surface area contributed by atoms with Crippen LogP contribution in [-0.2, 0) is 14.3 Å². The number of rotatable bonds is 5. The van der Waals surface area contributed by atoms with Crippen LogP contribution in [0.3, 0.4) is 0 Å². The molecule has 4 unspecified atom stereocenters. The van der Waals surface area contributed by atoms with Crippen molar-refractivity contribution in [1.29, 1.82) is 0 Å². The highest BCUT2D eigenvalue weighted by Gasteiger charge is 2.41. The largest absolute Gasteiger partial charge is 0.481 e. The average molecular weight is 345 g/mol. The number of aliphatic carboxylic acids is 1. The third-order valence-electron chi connectivity index (χ3n) is 5.58. The van der Waals surface area contributed by atoms with E-state index < -0.39 is 5.97 Å². The van der Waals surface area contributed by atoms with Gasteiger partial charge in [-0.2, -0.15) is 0 Å². The molecule has 136 valence electrons. The highest BCUT2D eigenvalue weighted by Crippen LogP contribution is 2.33. The van der Waals surface area contributed by atoms with Crippen LogP contribution in [0.25, 0.3) is 0 Å². The number of carbonyl (C=O) groups is 2. The van der Waals surface area contributed by atoms with E-state index in [1.165, 1.54) is 0 Å². The SMILES string of the molecule is CCC(C(=O)N1CCC(C(=O)O)CC1C1CCCO1)c1ccccc1. The van der Waals surface area contributed by atoms with Crippen LogP contribution in [0, 0.1) is 5.92 Å². The molecule has 1 amide bonds. The van der Waals surface area contributed by atoms with Crippen molar-refractivity contribution in [3.05, 3.63) is 35.9 Å². The fourth-order valence-corrected chi connectivity index (χ4v) is 4.19. The molecule has 25 heavy (non-hydrogen) atoms. The van der Waals surface area contributed by atoms with Crippen molar-refractivity contribution in [3.63, 3.8) is 0 Å². The first-order valence-electron chi connectivity index (χ1n) is 9.31. The molecule has 2 saturated heterocycles. The summed E-state index contributed by atoms with van der Waals surface area (Å²) in [6.45, 7) is 3.24. The Morgan fingerprint density at radius 3 is 2.64 bits per heavy atom. The second kappa shape index (κ2) is 8.00. The fourth-order valence-electron chi connectivity index (χ4n) is 4.19. The van der Waals surface area contributed by atoms with E-state index in [0.717, 1.165) is 24.8 Å². The summed E-state index contributed by atoms with van der Waals surface area (Å²) in [5.41, 5.74) is 1.03. The van der Waals surface area contributed by atoms with Gasteiger partial charge in [0.25, 0.3) is 0 Å². The summed E-state index contributed by atoms with van der Waals surface area (Å²) < 4.78 is 5.83. The van der Waals surface area contributed by atoms with Crippen molar-refractivity contribution in [2.75, 3.05) is 13.2 Å². The van der Waals surface area contributed by atoms with E-state index in [1.807, 2.05) is 42.2 Å². The third kappa shape index (κ3) is 3.87. The minimum atomic E-state index is -0.759. The molecule has 0 aliphatic carbocycles. The van der Waals surface area contributed by atoms with Gasteiger partial charge >= 0.3 is 5.97 Å². The fraction of sp³-hybridized carbons (Fsp3) is 0.600. The summed E-state index contributed by atoms with van der Waals surface area (Å²) >= 11 is 0. The Labute approximate surface area is 149 Å². The number of likely N-dealkylation sites (tertiary alicyclic amines) is 1. The van der Waals surface area contributed by atoms with E-state index in [-0.39, 0.29) is 29.9 Å². The van der Waals surface area contributed by atoms with Crippen LogP contribution in [-0.4, -0.2) is 47.2 Å². The number of hydrogen-bond acceptors (Lipinski definition) is 3. The molecule has 0 bridgehead atoms. The molecule has 0 spiro atoms. The molecule has 3 rings (SSSR count). The zero-order chi connectivity index (χ0) is 17.8. The van der Waals surface area contributed by atoms with Crippen molar-refractivity contribution in [2.24, 2.45) is 5.92 Å². The maximum atomic E-state index is 13.3. The van der Waals surface area contributed by atoms with Crippen LogP contribution >= 0.6 is 0 Å². The first kappa shape index (κ1) is 17.9. The maximum absolute atomic E-state index is 13.3. The topological polar surface area (TPSA) is 66.8 Å². The first-order chi connectivity index (χ1) is 12.1. The normalized spacial score (nSPS) is 27.9. The van der Waals surface area contributed by atoms with Gasteiger partial charge in [-0.25, -0.2) is 0 Å². The summed E-state index contributed by atoms with van der Waals surface area (Å²) in [5, 5.41) is 9.41. The van der Waals surface area contributed by atoms with Gasteiger partial charge < -0.3 is 14.7 Å². The number of hydrogen-bond donors (Lipinski definition) is 1. The molecule has 2 aliphatic rings. The summed E-state index contributed by atoms with van der Waals surface area (Å²) in [6.07, 6.45) is 3.62. The Hall–Kier alpha value is -1.88. The second-order valence-corrected chi connectivity index (χ2v) is 7.08. The van der Waals surface area contributed by atoms with E-state index in [9.17, 15) is 14.7 Å². The Kier molecular flexibility index (Phi) is 5.74. The van der Waals surface area contributed by atoms with E-state index in [2.05, 4.69) is 0 Å². The summed E-state index contributed by atoms with van der Waals surface area (Å²) in [6, 6.07) is 9.74. The molecule has 0 aromatic heterocycles. The lowest BCUT2D eigenvalue weighted by molar-refractivity contribution is -0.151. The molecule has 4 atom stereocenters. The molecule has 1 N–H and O–H groups in total. The number of nitrogens with zero attached hydrogens (tertiary/aromatic N) is 1. The number of benzene rings is 1. The van der Waals surface area contributed by atoms with Gasteiger partial charge in [-0.1, -0.05) is 37.3 Å². The quantitative estimate of drug-likeness (QED) is 0.891. The Morgan fingerprint density at radius 1 is 1.28 bits per heavy atom. The van der Waals surface area contributed by atoms with Crippen LogP contribution < -0.4 is 0 Å². The minimum Gasteiger partial charge on any atom is -0.481 e. The first-order valence-corrected chi connectivity index (χ1v) is 9.31. The number of ether oxygens (including phenoxy) is 1. The highest BCUT2D eigenvalue weighted by molar-refractivity contribution is 5.84. The van der Waals surface area contributed by atoms with E-state index >= 15 is 0 Å².